The summed E-state index contributed by atoms with van der Waals surface area (Å²) in [4.78, 5) is 22.3. The van der Waals surface area contributed by atoms with Crippen molar-refractivity contribution in [3.8, 4) is 24.5 Å². The van der Waals surface area contributed by atoms with Gasteiger partial charge < -0.3 is 24.6 Å². The molecule has 1 fully saturated rings. The number of sulfonamides is 1. The van der Waals surface area contributed by atoms with Crippen LogP contribution >= 0.6 is 0 Å². The first-order chi connectivity index (χ1) is 21.5. The molecular formula is C28H37F4N5O8S. The lowest BCUT2D eigenvalue weighted by Crippen LogP contribution is -2.45. The summed E-state index contributed by atoms with van der Waals surface area (Å²) in [5, 5.41) is 17.8. The maximum atomic E-state index is 13.7. The molecule has 1 aliphatic heterocycles. The fourth-order valence-electron chi connectivity index (χ4n) is 3.90. The number of ether oxygens (including phenoxy) is 3. The van der Waals surface area contributed by atoms with Crippen LogP contribution in [0.3, 0.4) is 0 Å². The van der Waals surface area contributed by atoms with E-state index in [1.54, 1.807) is 13.8 Å². The second-order valence-corrected chi connectivity index (χ2v) is 12.1. The number of amides is 2. The van der Waals surface area contributed by atoms with Crippen molar-refractivity contribution >= 4 is 33.4 Å². The van der Waals surface area contributed by atoms with Crippen molar-refractivity contribution < 1.29 is 54.9 Å². The summed E-state index contributed by atoms with van der Waals surface area (Å²) in [6.45, 7) is 4.59. The molecule has 0 spiro atoms. The van der Waals surface area contributed by atoms with E-state index in [-0.39, 0.29) is 59.5 Å². The zero-order valence-electron chi connectivity index (χ0n) is 25.8. The van der Waals surface area contributed by atoms with E-state index in [1.165, 1.54) is 36.1 Å². The van der Waals surface area contributed by atoms with Crippen LogP contribution in [0, 0.1) is 18.8 Å². The van der Waals surface area contributed by atoms with E-state index in [4.69, 9.17) is 14.6 Å². The second kappa shape index (κ2) is 15.4. The highest BCUT2D eigenvalue weighted by molar-refractivity contribution is 7.93. The number of aliphatic hydroxyl groups is 1. The number of carbonyl (C=O) groups excluding carboxylic acids is 2. The van der Waals surface area contributed by atoms with Crippen molar-refractivity contribution in [2.45, 2.75) is 69.5 Å². The number of aromatic nitrogens is 2. The van der Waals surface area contributed by atoms with Crippen LogP contribution in [0.5, 0.6) is 11.6 Å². The topological polar surface area (TPSA) is 161 Å². The number of alkyl halides is 4. The predicted molar refractivity (Wildman–Crippen MR) is 159 cm³/mol. The Morgan fingerprint density at radius 1 is 1.24 bits per heavy atom. The number of aliphatic hydroxyl groups excluding tert-OH is 1. The largest absolute Gasteiger partial charge is 0.489 e. The number of benzene rings is 1. The molecule has 0 radical (unpaired) electrons. The van der Waals surface area contributed by atoms with Gasteiger partial charge >= 0.3 is 12.3 Å². The Morgan fingerprint density at radius 3 is 2.37 bits per heavy atom. The van der Waals surface area contributed by atoms with Gasteiger partial charge in [-0.1, -0.05) is 0 Å². The summed E-state index contributed by atoms with van der Waals surface area (Å²) in [6, 6.07) is 3.27. The number of nitrogens with one attached hydrogen (secondary N) is 2. The van der Waals surface area contributed by atoms with Gasteiger partial charge in [0, 0.05) is 25.5 Å². The van der Waals surface area contributed by atoms with Crippen molar-refractivity contribution in [3.05, 3.63) is 24.4 Å². The van der Waals surface area contributed by atoms with Crippen molar-refractivity contribution in [2.24, 2.45) is 5.92 Å². The van der Waals surface area contributed by atoms with E-state index in [9.17, 15) is 35.6 Å². The van der Waals surface area contributed by atoms with Crippen molar-refractivity contribution in [2.75, 3.05) is 36.5 Å². The molecule has 1 aromatic carbocycles. The Hall–Kier alpha value is -4.24. The molecule has 46 heavy (non-hydrogen) atoms. The van der Waals surface area contributed by atoms with Crippen molar-refractivity contribution in [1.29, 1.82) is 0 Å². The molecule has 2 heterocycles. The van der Waals surface area contributed by atoms with Crippen LogP contribution in [0.15, 0.2) is 29.3 Å². The third-order valence-corrected chi connectivity index (χ3v) is 8.45. The molecule has 4 rings (SSSR count). The SMILES string of the molecule is C#C.CCn1cc(S(=O)(=O)N2c3cc(NC(=O)OC(C)(C)C(F)(F)F)ccc3OC[C@H]2C)c(OCCO)n1.CNC(=O)[C@H]1C[C@H]1F. The normalized spacial score (nSPS) is 18.7. The lowest BCUT2D eigenvalue weighted by Gasteiger charge is -2.35. The molecule has 0 bridgehead atoms. The molecule has 1 aliphatic carbocycles. The smallest absolute Gasteiger partial charge is 0.427 e. The minimum Gasteiger partial charge on any atom is -0.489 e. The number of hydrogen-bond donors (Lipinski definition) is 3. The molecular weight excluding hydrogens is 642 g/mol. The molecule has 3 N–H and O–H groups in total. The molecule has 256 valence electrons. The lowest BCUT2D eigenvalue weighted by atomic mass is 10.1. The third kappa shape index (κ3) is 8.94. The fourth-order valence-corrected chi connectivity index (χ4v) is 5.62. The Bertz CT molecular complexity index is 1500. The molecule has 2 aromatic rings. The minimum atomic E-state index is -4.80. The van der Waals surface area contributed by atoms with Gasteiger partial charge in [-0.2, -0.15) is 13.2 Å². The van der Waals surface area contributed by atoms with Gasteiger partial charge in [-0.3, -0.25) is 19.1 Å². The van der Waals surface area contributed by atoms with Gasteiger partial charge in [-0.05, 0) is 52.3 Å². The van der Waals surface area contributed by atoms with Crippen molar-refractivity contribution in [1.82, 2.24) is 15.1 Å². The average molecular weight is 680 g/mol. The Kier molecular flexibility index (Phi) is 12.7. The molecule has 13 nitrogen and oxygen atoms in total. The Labute approximate surface area is 264 Å². The van der Waals surface area contributed by atoms with Crippen LogP contribution < -0.4 is 24.4 Å². The van der Waals surface area contributed by atoms with Gasteiger partial charge in [0.05, 0.1) is 24.3 Å². The van der Waals surface area contributed by atoms with E-state index in [0.717, 1.165) is 4.31 Å². The zero-order valence-corrected chi connectivity index (χ0v) is 26.6. The summed E-state index contributed by atoms with van der Waals surface area (Å²) in [5.74, 6) is -0.525. The number of terminal acetylenes is 1. The van der Waals surface area contributed by atoms with Crippen LogP contribution in [-0.4, -0.2) is 86.2 Å². The van der Waals surface area contributed by atoms with Gasteiger partial charge in [-0.25, -0.2) is 17.6 Å². The maximum Gasteiger partial charge on any atom is 0.427 e. The number of rotatable bonds is 9. The van der Waals surface area contributed by atoms with Crippen LogP contribution in [-0.2, 0) is 26.1 Å². The molecule has 1 saturated carbocycles. The van der Waals surface area contributed by atoms with Gasteiger partial charge in [-0.15, -0.1) is 17.9 Å². The van der Waals surface area contributed by atoms with E-state index in [0.29, 0.717) is 26.8 Å². The fraction of sp³-hybridized carbons (Fsp3) is 0.536. The van der Waals surface area contributed by atoms with Crippen LogP contribution in [0.25, 0.3) is 0 Å². The number of carbonyl (C=O) groups is 2. The molecule has 2 aliphatic rings. The summed E-state index contributed by atoms with van der Waals surface area (Å²) in [5.41, 5.74) is -2.72. The van der Waals surface area contributed by atoms with Crippen LogP contribution in [0.1, 0.15) is 34.1 Å². The molecule has 0 saturated heterocycles. The third-order valence-electron chi connectivity index (χ3n) is 6.54. The predicted octanol–water partition coefficient (Wildman–Crippen LogP) is 3.48. The minimum absolute atomic E-state index is 0.00949. The summed E-state index contributed by atoms with van der Waals surface area (Å²) in [6.07, 6.45) is 2.67. The molecule has 3 atom stereocenters. The summed E-state index contributed by atoms with van der Waals surface area (Å²) in [7, 11) is -2.78. The first kappa shape index (κ1) is 37.9. The van der Waals surface area contributed by atoms with Gasteiger partial charge in [0.15, 0.2) is 4.90 Å². The summed E-state index contributed by atoms with van der Waals surface area (Å²) >= 11 is 0. The highest BCUT2D eigenvalue weighted by atomic mass is 32.2. The number of anilines is 2. The average Bonchev–Trinajstić information content (AvgIpc) is 3.57. The maximum absolute atomic E-state index is 13.7. The molecule has 0 unspecified atom stereocenters. The quantitative estimate of drug-likeness (QED) is 0.266. The first-order valence-electron chi connectivity index (χ1n) is 13.8. The highest BCUT2D eigenvalue weighted by Gasteiger charge is 2.51. The number of halogens is 4. The van der Waals surface area contributed by atoms with Gasteiger partial charge in [0.2, 0.25) is 11.5 Å². The highest BCUT2D eigenvalue weighted by Crippen LogP contribution is 2.41. The van der Waals surface area contributed by atoms with E-state index < -0.39 is 40.1 Å². The monoisotopic (exact) mass is 679 g/mol. The molecule has 1 aromatic heterocycles. The zero-order chi connectivity index (χ0) is 35.0. The van der Waals surface area contributed by atoms with Gasteiger partial charge in [0.25, 0.3) is 15.9 Å². The Balaban J connectivity index is 0.000000632. The van der Waals surface area contributed by atoms with Crippen LogP contribution in [0.2, 0.25) is 0 Å². The lowest BCUT2D eigenvalue weighted by molar-refractivity contribution is -0.242. The first-order valence-corrected chi connectivity index (χ1v) is 15.3. The van der Waals surface area contributed by atoms with Crippen LogP contribution in [0.4, 0.5) is 33.7 Å². The number of nitrogens with zero attached hydrogens (tertiary/aromatic N) is 3. The summed E-state index contributed by atoms with van der Waals surface area (Å²) < 4.78 is 96.5. The van der Waals surface area contributed by atoms with Gasteiger partial charge in [0.1, 0.15) is 25.1 Å². The van der Waals surface area contributed by atoms with E-state index in [1.807, 2.05) is 0 Å². The number of fused-ring (bicyclic) bond motifs is 1. The Morgan fingerprint density at radius 2 is 1.87 bits per heavy atom. The number of hydrogen-bond acceptors (Lipinski definition) is 9. The standard InChI is InChI=1S/C21H27F3N4O7S.C5H8FNO.C2H2/c1-5-27-11-17(18(26-27)33-9-8-29)36(31,32)28-13(2)12-34-16-7-6-14(10-15(16)28)25-19(30)35-20(3,4)21(22,23)24;1-7-5(8)3-2-4(3)6;1-2/h6-7,10-11,13,29H,5,8-9,12H2,1-4H3,(H,25,30);3-4H,2H2,1H3,(H,7,8);1-2H/t13-;3-,4+;/m10./s1. The van der Waals surface area contributed by atoms with E-state index >= 15 is 0 Å². The molecule has 2 amide bonds. The number of aryl methyl sites for hydroxylation is 1. The second-order valence-electron chi connectivity index (χ2n) is 10.4. The molecule has 18 heteroatoms. The van der Waals surface area contributed by atoms with Crippen molar-refractivity contribution in [3.63, 3.8) is 0 Å². The van der Waals surface area contributed by atoms with E-state index in [2.05, 4.69) is 33.3 Å².